The maximum Gasteiger partial charge on any atom is 0.353 e. The van der Waals surface area contributed by atoms with Crippen molar-refractivity contribution in [2.75, 3.05) is 0 Å². The summed E-state index contributed by atoms with van der Waals surface area (Å²) in [6.45, 7) is 1.75. The van der Waals surface area contributed by atoms with Gasteiger partial charge in [0.25, 0.3) is 0 Å². The molecule has 100 valence electrons. The maximum atomic E-state index is 12.2. The highest BCUT2D eigenvalue weighted by Crippen LogP contribution is 2.21. The van der Waals surface area contributed by atoms with Gasteiger partial charge in [0.05, 0.1) is 11.2 Å². The van der Waals surface area contributed by atoms with Gasteiger partial charge >= 0.3 is 5.69 Å². The fourth-order valence-corrected chi connectivity index (χ4v) is 2.33. The van der Waals surface area contributed by atoms with E-state index in [1.54, 1.807) is 25.1 Å². The molecule has 0 aliphatic rings. The summed E-state index contributed by atoms with van der Waals surface area (Å²) in [6, 6.07) is 6.52. The van der Waals surface area contributed by atoms with E-state index in [0.29, 0.717) is 16.2 Å². The molecular formula is C14H10ClN3O2. The molecular weight excluding hydrogens is 278 g/mol. The van der Waals surface area contributed by atoms with Crippen molar-refractivity contribution < 1.29 is 0 Å². The molecule has 3 rings (SSSR count). The van der Waals surface area contributed by atoms with E-state index in [-0.39, 0.29) is 11.1 Å². The van der Waals surface area contributed by atoms with Crippen LogP contribution in [0.4, 0.5) is 0 Å². The molecule has 0 aliphatic heterocycles. The van der Waals surface area contributed by atoms with E-state index in [9.17, 15) is 9.59 Å². The van der Waals surface area contributed by atoms with E-state index in [2.05, 4.69) is 9.97 Å². The summed E-state index contributed by atoms with van der Waals surface area (Å²) in [5.41, 5.74) is 0.612. The molecule has 3 aromatic rings. The second kappa shape index (κ2) is 4.61. The van der Waals surface area contributed by atoms with Crippen LogP contribution < -0.4 is 11.1 Å². The topological polar surface area (TPSA) is 67.8 Å². The standard InChI is InChI=1S/C14H10ClN3O2/c1-8-10-3-2-9(15)6-11(10)18(14(20)17-8)12-7-16-5-4-13(12)19/h2-7H,1H3,(H,16,19). The number of nitrogens with zero attached hydrogens (tertiary/aromatic N) is 2. The van der Waals surface area contributed by atoms with Crippen molar-refractivity contribution in [3.8, 4) is 5.69 Å². The van der Waals surface area contributed by atoms with Crippen LogP contribution in [0.2, 0.25) is 5.02 Å². The largest absolute Gasteiger partial charge is 0.366 e. The van der Waals surface area contributed by atoms with Crippen LogP contribution in [0.25, 0.3) is 16.6 Å². The number of halogens is 1. The number of aryl methyl sites for hydroxylation is 1. The van der Waals surface area contributed by atoms with E-state index >= 15 is 0 Å². The number of hydrogen-bond acceptors (Lipinski definition) is 3. The third-order valence-electron chi connectivity index (χ3n) is 3.09. The molecule has 0 atom stereocenters. The molecule has 1 N–H and O–H groups in total. The van der Waals surface area contributed by atoms with Crippen LogP contribution in [-0.2, 0) is 0 Å². The van der Waals surface area contributed by atoms with Crippen molar-refractivity contribution >= 4 is 22.5 Å². The Bertz CT molecular complexity index is 928. The Morgan fingerprint density at radius 2 is 2.05 bits per heavy atom. The summed E-state index contributed by atoms with van der Waals surface area (Å²) >= 11 is 6.00. The van der Waals surface area contributed by atoms with Gasteiger partial charge in [-0.05, 0) is 25.1 Å². The SMILES string of the molecule is Cc1nc(=O)n(-c2c[nH]ccc2=O)c2cc(Cl)ccc12. The molecule has 0 aliphatic carbocycles. The number of pyridine rings is 1. The lowest BCUT2D eigenvalue weighted by atomic mass is 10.2. The molecule has 0 saturated carbocycles. The van der Waals surface area contributed by atoms with Crippen molar-refractivity contribution in [3.05, 3.63) is 68.1 Å². The minimum absolute atomic E-state index is 0.220. The van der Waals surface area contributed by atoms with Gasteiger partial charge in [-0.1, -0.05) is 11.6 Å². The number of aromatic amines is 1. The monoisotopic (exact) mass is 287 g/mol. The van der Waals surface area contributed by atoms with Gasteiger partial charge in [-0.3, -0.25) is 9.36 Å². The average Bonchev–Trinajstić information content (AvgIpc) is 2.40. The highest BCUT2D eigenvalue weighted by molar-refractivity contribution is 6.31. The van der Waals surface area contributed by atoms with Gasteiger partial charge in [0.15, 0.2) is 0 Å². The number of aromatic nitrogens is 3. The molecule has 0 fully saturated rings. The number of nitrogens with one attached hydrogen (secondary N) is 1. The summed E-state index contributed by atoms with van der Waals surface area (Å²) in [6.07, 6.45) is 2.98. The fourth-order valence-electron chi connectivity index (χ4n) is 2.17. The van der Waals surface area contributed by atoms with Crippen LogP contribution in [0.3, 0.4) is 0 Å². The Labute approximate surface area is 118 Å². The van der Waals surface area contributed by atoms with Gasteiger partial charge in [0.1, 0.15) is 5.69 Å². The summed E-state index contributed by atoms with van der Waals surface area (Å²) in [7, 11) is 0. The van der Waals surface area contributed by atoms with Gasteiger partial charge in [-0.25, -0.2) is 4.79 Å². The van der Waals surface area contributed by atoms with Crippen molar-refractivity contribution in [2.24, 2.45) is 0 Å². The first-order valence-corrected chi connectivity index (χ1v) is 6.32. The summed E-state index contributed by atoms with van der Waals surface area (Å²) in [4.78, 5) is 30.9. The van der Waals surface area contributed by atoms with E-state index in [0.717, 1.165) is 5.39 Å². The van der Waals surface area contributed by atoms with E-state index in [1.165, 1.54) is 23.0 Å². The first-order chi connectivity index (χ1) is 9.58. The molecule has 0 spiro atoms. The maximum absolute atomic E-state index is 12.2. The molecule has 0 unspecified atom stereocenters. The third-order valence-corrected chi connectivity index (χ3v) is 3.32. The van der Waals surface area contributed by atoms with Crippen molar-refractivity contribution in [2.45, 2.75) is 6.92 Å². The van der Waals surface area contributed by atoms with Crippen molar-refractivity contribution in [1.29, 1.82) is 0 Å². The van der Waals surface area contributed by atoms with E-state index in [1.807, 2.05) is 0 Å². The van der Waals surface area contributed by atoms with Crippen LogP contribution in [0.5, 0.6) is 0 Å². The Morgan fingerprint density at radius 3 is 2.80 bits per heavy atom. The van der Waals surface area contributed by atoms with Crippen LogP contribution >= 0.6 is 11.6 Å². The van der Waals surface area contributed by atoms with Gasteiger partial charge in [0, 0.05) is 28.9 Å². The van der Waals surface area contributed by atoms with Crippen LogP contribution in [0.15, 0.2) is 46.2 Å². The van der Waals surface area contributed by atoms with Gasteiger partial charge in [0.2, 0.25) is 5.43 Å². The molecule has 0 amide bonds. The summed E-state index contributed by atoms with van der Waals surface area (Å²) in [5, 5.41) is 1.26. The van der Waals surface area contributed by atoms with Gasteiger partial charge < -0.3 is 4.98 Å². The van der Waals surface area contributed by atoms with Crippen LogP contribution in [0, 0.1) is 6.92 Å². The van der Waals surface area contributed by atoms with Crippen molar-refractivity contribution in [3.63, 3.8) is 0 Å². The van der Waals surface area contributed by atoms with Crippen LogP contribution in [0.1, 0.15) is 5.69 Å². The molecule has 20 heavy (non-hydrogen) atoms. The van der Waals surface area contributed by atoms with Gasteiger partial charge in [-0.2, -0.15) is 4.98 Å². The van der Waals surface area contributed by atoms with Crippen molar-refractivity contribution in [1.82, 2.24) is 14.5 Å². The zero-order valence-corrected chi connectivity index (χ0v) is 11.3. The number of fused-ring (bicyclic) bond motifs is 1. The average molecular weight is 288 g/mol. The number of rotatable bonds is 1. The third kappa shape index (κ3) is 1.92. The lowest BCUT2D eigenvalue weighted by Crippen LogP contribution is -2.27. The minimum atomic E-state index is -0.506. The van der Waals surface area contributed by atoms with Crippen LogP contribution in [-0.4, -0.2) is 14.5 Å². The first kappa shape index (κ1) is 12.6. The highest BCUT2D eigenvalue weighted by atomic mass is 35.5. The zero-order chi connectivity index (χ0) is 14.3. The predicted octanol–water partition coefficient (Wildman–Crippen LogP) is 2.04. The fraction of sp³-hybridized carbons (Fsp3) is 0.0714. The normalized spacial score (nSPS) is 10.9. The number of H-pyrrole nitrogens is 1. The predicted molar refractivity (Wildman–Crippen MR) is 77.7 cm³/mol. The lowest BCUT2D eigenvalue weighted by Gasteiger charge is -2.10. The highest BCUT2D eigenvalue weighted by Gasteiger charge is 2.12. The minimum Gasteiger partial charge on any atom is -0.366 e. The number of hydrogen-bond donors (Lipinski definition) is 1. The van der Waals surface area contributed by atoms with Gasteiger partial charge in [-0.15, -0.1) is 0 Å². The molecule has 0 radical (unpaired) electrons. The Balaban J connectivity index is 2.54. The quantitative estimate of drug-likeness (QED) is 0.745. The van der Waals surface area contributed by atoms with E-state index in [4.69, 9.17) is 11.6 Å². The number of benzene rings is 1. The molecule has 2 aromatic heterocycles. The zero-order valence-electron chi connectivity index (χ0n) is 10.6. The molecule has 6 heteroatoms. The van der Waals surface area contributed by atoms with E-state index < -0.39 is 5.69 Å². The Kier molecular flexibility index (Phi) is 2.91. The lowest BCUT2D eigenvalue weighted by molar-refractivity contribution is 0.926. The molecule has 2 heterocycles. The Hall–Kier alpha value is -2.40. The second-order valence-corrected chi connectivity index (χ2v) is 4.81. The summed E-state index contributed by atoms with van der Waals surface area (Å²) < 4.78 is 1.27. The molecule has 5 nitrogen and oxygen atoms in total. The molecule has 0 saturated heterocycles. The molecule has 0 bridgehead atoms. The molecule has 1 aromatic carbocycles. The second-order valence-electron chi connectivity index (χ2n) is 4.37. The Morgan fingerprint density at radius 1 is 1.25 bits per heavy atom. The smallest absolute Gasteiger partial charge is 0.353 e. The summed E-state index contributed by atoms with van der Waals surface area (Å²) in [5.74, 6) is 0. The first-order valence-electron chi connectivity index (χ1n) is 5.94.